The van der Waals surface area contributed by atoms with Crippen molar-refractivity contribution in [2.24, 2.45) is 5.92 Å². The molecule has 0 saturated carbocycles. The molecule has 1 aromatic carbocycles. The number of benzene rings is 1. The lowest BCUT2D eigenvalue weighted by atomic mass is 9.92. The summed E-state index contributed by atoms with van der Waals surface area (Å²) < 4.78 is 0. The van der Waals surface area contributed by atoms with Crippen molar-refractivity contribution in [2.45, 2.75) is 32.7 Å². The molecule has 0 bridgehead atoms. The topological polar surface area (TPSA) is 12.0 Å². The molecule has 0 fully saturated rings. The van der Waals surface area contributed by atoms with Crippen molar-refractivity contribution >= 4 is 11.6 Å². The highest BCUT2D eigenvalue weighted by atomic mass is 35.5. The van der Waals surface area contributed by atoms with Gasteiger partial charge in [-0.1, -0.05) is 43.6 Å². The van der Waals surface area contributed by atoms with Gasteiger partial charge in [-0.2, -0.15) is 0 Å². The fourth-order valence-electron chi connectivity index (χ4n) is 2.04. The van der Waals surface area contributed by atoms with Gasteiger partial charge in [-0.05, 0) is 37.4 Å². The molecule has 0 spiro atoms. The summed E-state index contributed by atoms with van der Waals surface area (Å²) in [6.45, 7) is 4.48. The minimum absolute atomic E-state index is 0.571. The molecular weight excluding hydrogens is 206 g/mol. The van der Waals surface area contributed by atoms with Gasteiger partial charge in [0, 0.05) is 11.1 Å². The number of rotatable bonds is 5. The average Bonchev–Trinajstić information content (AvgIpc) is 2.23. The Balaban J connectivity index is 2.65. The zero-order chi connectivity index (χ0) is 11.3. The van der Waals surface area contributed by atoms with Gasteiger partial charge in [0.2, 0.25) is 0 Å². The Kier molecular flexibility index (Phi) is 5.13. The standard InChI is InChI=1S/C13H20ClN/c1-4-13(15-3)10(2)9-11-7-5-6-8-12(11)14/h5-8,10,13,15H,4,9H2,1-3H3. The smallest absolute Gasteiger partial charge is 0.0438 e. The van der Waals surface area contributed by atoms with E-state index in [1.165, 1.54) is 5.56 Å². The maximum absolute atomic E-state index is 6.14. The SMILES string of the molecule is CCC(NC)C(C)Cc1ccccc1Cl. The maximum Gasteiger partial charge on any atom is 0.0438 e. The van der Waals surface area contributed by atoms with E-state index in [-0.39, 0.29) is 0 Å². The van der Waals surface area contributed by atoms with E-state index in [1.54, 1.807) is 0 Å². The van der Waals surface area contributed by atoms with Crippen molar-refractivity contribution in [1.82, 2.24) is 5.32 Å². The molecule has 15 heavy (non-hydrogen) atoms. The van der Waals surface area contributed by atoms with Gasteiger partial charge in [0.1, 0.15) is 0 Å². The first kappa shape index (κ1) is 12.5. The zero-order valence-corrected chi connectivity index (χ0v) is 10.5. The lowest BCUT2D eigenvalue weighted by molar-refractivity contribution is 0.387. The van der Waals surface area contributed by atoms with Crippen molar-refractivity contribution in [3.8, 4) is 0 Å². The molecule has 1 aromatic rings. The molecule has 0 saturated heterocycles. The van der Waals surface area contributed by atoms with Gasteiger partial charge >= 0.3 is 0 Å². The maximum atomic E-state index is 6.14. The molecule has 1 nitrogen and oxygen atoms in total. The Labute approximate surface area is 97.8 Å². The van der Waals surface area contributed by atoms with E-state index in [1.807, 2.05) is 25.2 Å². The summed E-state index contributed by atoms with van der Waals surface area (Å²) in [4.78, 5) is 0. The summed E-state index contributed by atoms with van der Waals surface area (Å²) >= 11 is 6.14. The molecule has 2 unspecified atom stereocenters. The van der Waals surface area contributed by atoms with Crippen LogP contribution in [0.2, 0.25) is 5.02 Å². The molecular formula is C13H20ClN. The normalized spacial score (nSPS) is 14.9. The Morgan fingerprint density at radius 3 is 2.53 bits per heavy atom. The summed E-state index contributed by atoms with van der Waals surface area (Å²) in [7, 11) is 2.03. The van der Waals surface area contributed by atoms with Crippen LogP contribution in [0.4, 0.5) is 0 Å². The summed E-state index contributed by atoms with van der Waals surface area (Å²) in [6, 6.07) is 8.67. The van der Waals surface area contributed by atoms with Crippen molar-refractivity contribution in [3.05, 3.63) is 34.9 Å². The minimum Gasteiger partial charge on any atom is -0.317 e. The number of halogens is 1. The third-order valence-corrected chi connectivity index (χ3v) is 3.37. The van der Waals surface area contributed by atoms with Gasteiger partial charge in [0.25, 0.3) is 0 Å². The van der Waals surface area contributed by atoms with Gasteiger partial charge < -0.3 is 5.32 Å². The number of hydrogen-bond acceptors (Lipinski definition) is 1. The van der Waals surface area contributed by atoms with Crippen LogP contribution in [0, 0.1) is 5.92 Å². The van der Waals surface area contributed by atoms with Crippen molar-refractivity contribution in [3.63, 3.8) is 0 Å². The van der Waals surface area contributed by atoms with Gasteiger partial charge in [-0.15, -0.1) is 0 Å². The molecule has 0 heterocycles. The molecule has 1 N–H and O–H groups in total. The Morgan fingerprint density at radius 2 is 2.00 bits per heavy atom. The van der Waals surface area contributed by atoms with Crippen LogP contribution in [0.5, 0.6) is 0 Å². The molecule has 0 aliphatic rings. The Morgan fingerprint density at radius 1 is 1.33 bits per heavy atom. The van der Waals surface area contributed by atoms with Gasteiger partial charge in [0.05, 0.1) is 0 Å². The molecule has 0 radical (unpaired) electrons. The van der Waals surface area contributed by atoms with Crippen LogP contribution in [0.25, 0.3) is 0 Å². The monoisotopic (exact) mass is 225 g/mol. The van der Waals surface area contributed by atoms with E-state index in [2.05, 4.69) is 25.2 Å². The van der Waals surface area contributed by atoms with Crippen molar-refractivity contribution in [2.75, 3.05) is 7.05 Å². The van der Waals surface area contributed by atoms with Crippen LogP contribution < -0.4 is 5.32 Å². The summed E-state index contributed by atoms with van der Waals surface area (Å²) in [5.41, 5.74) is 1.25. The van der Waals surface area contributed by atoms with Crippen LogP contribution in [-0.4, -0.2) is 13.1 Å². The number of hydrogen-bond donors (Lipinski definition) is 1. The third-order valence-electron chi connectivity index (χ3n) is 3.00. The van der Waals surface area contributed by atoms with E-state index in [4.69, 9.17) is 11.6 Å². The first-order valence-electron chi connectivity index (χ1n) is 5.59. The molecule has 0 aromatic heterocycles. The van der Waals surface area contributed by atoms with Crippen LogP contribution >= 0.6 is 11.6 Å². The van der Waals surface area contributed by atoms with E-state index in [0.717, 1.165) is 17.9 Å². The quantitative estimate of drug-likeness (QED) is 0.809. The minimum atomic E-state index is 0.571. The third kappa shape index (κ3) is 3.51. The first-order chi connectivity index (χ1) is 7.19. The lowest BCUT2D eigenvalue weighted by Crippen LogP contribution is -2.32. The van der Waals surface area contributed by atoms with Crippen LogP contribution in [0.1, 0.15) is 25.8 Å². The lowest BCUT2D eigenvalue weighted by Gasteiger charge is -2.22. The zero-order valence-electron chi connectivity index (χ0n) is 9.76. The molecule has 2 heteroatoms. The van der Waals surface area contributed by atoms with Crippen LogP contribution in [0.3, 0.4) is 0 Å². The molecule has 0 aliphatic carbocycles. The highest BCUT2D eigenvalue weighted by Gasteiger charge is 2.14. The summed E-state index contributed by atoms with van der Waals surface area (Å²) in [5.74, 6) is 0.611. The average molecular weight is 226 g/mol. The number of nitrogens with one attached hydrogen (secondary N) is 1. The predicted octanol–water partition coefficient (Wildman–Crippen LogP) is 3.52. The van der Waals surface area contributed by atoms with E-state index in [0.29, 0.717) is 12.0 Å². The van der Waals surface area contributed by atoms with E-state index >= 15 is 0 Å². The second kappa shape index (κ2) is 6.14. The molecule has 0 aliphatic heterocycles. The summed E-state index contributed by atoms with van der Waals surface area (Å²) in [5, 5.41) is 4.23. The largest absolute Gasteiger partial charge is 0.317 e. The van der Waals surface area contributed by atoms with Gasteiger partial charge in [-0.25, -0.2) is 0 Å². The van der Waals surface area contributed by atoms with E-state index in [9.17, 15) is 0 Å². The highest BCUT2D eigenvalue weighted by Crippen LogP contribution is 2.20. The second-order valence-corrected chi connectivity index (χ2v) is 4.48. The summed E-state index contributed by atoms with van der Waals surface area (Å²) in [6.07, 6.45) is 2.20. The molecule has 0 amide bonds. The highest BCUT2D eigenvalue weighted by molar-refractivity contribution is 6.31. The van der Waals surface area contributed by atoms with Gasteiger partial charge in [0.15, 0.2) is 0 Å². The van der Waals surface area contributed by atoms with Crippen LogP contribution in [0.15, 0.2) is 24.3 Å². The second-order valence-electron chi connectivity index (χ2n) is 4.08. The Bertz CT molecular complexity index is 294. The first-order valence-corrected chi connectivity index (χ1v) is 5.97. The van der Waals surface area contributed by atoms with Crippen molar-refractivity contribution in [1.29, 1.82) is 0 Å². The molecule has 84 valence electrons. The molecule has 2 atom stereocenters. The fourth-order valence-corrected chi connectivity index (χ4v) is 2.26. The Hall–Kier alpha value is -0.530. The van der Waals surface area contributed by atoms with Crippen molar-refractivity contribution < 1.29 is 0 Å². The fraction of sp³-hybridized carbons (Fsp3) is 0.538. The predicted molar refractivity (Wildman–Crippen MR) is 67.5 cm³/mol. The van der Waals surface area contributed by atoms with Crippen LogP contribution in [-0.2, 0) is 6.42 Å². The molecule has 1 rings (SSSR count). The van der Waals surface area contributed by atoms with E-state index < -0.39 is 0 Å². The van der Waals surface area contributed by atoms with Gasteiger partial charge in [-0.3, -0.25) is 0 Å².